The molecule has 1 saturated carbocycles. The molecule has 1 aromatic carbocycles. The van der Waals surface area contributed by atoms with E-state index in [1.807, 2.05) is 13.8 Å². The third kappa shape index (κ3) is 7.72. The number of nitro groups is 1. The van der Waals surface area contributed by atoms with Gasteiger partial charge in [0.2, 0.25) is 0 Å². The summed E-state index contributed by atoms with van der Waals surface area (Å²) < 4.78 is 11.0. The Labute approximate surface area is 154 Å². The summed E-state index contributed by atoms with van der Waals surface area (Å²) in [5, 5.41) is 13.3. The molecule has 7 heteroatoms. The van der Waals surface area contributed by atoms with Crippen LogP contribution in [0.4, 0.5) is 10.5 Å². The molecule has 2 rings (SSSR count). The quantitative estimate of drug-likeness (QED) is 0.356. The number of nitro benzene ring substituents is 1. The molecule has 0 saturated heterocycles. The molecule has 1 aliphatic carbocycles. The van der Waals surface area contributed by atoms with Gasteiger partial charge in [-0.3, -0.25) is 10.1 Å². The second-order valence-corrected chi connectivity index (χ2v) is 7.36. The van der Waals surface area contributed by atoms with Crippen LogP contribution in [-0.4, -0.2) is 29.8 Å². The van der Waals surface area contributed by atoms with E-state index in [0.29, 0.717) is 18.9 Å². The van der Waals surface area contributed by atoms with E-state index in [-0.39, 0.29) is 11.8 Å². The topological polar surface area (TPSA) is 90.7 Å². The highest BCUT2D eigenvalue weighted by Crippen LogP contribution is 2.36. The van der Waals surface area contributed by atoms with Crippen molar-refractivity contribution in [1.29, 1.82) is 0 Å². The number of ether oxygens (including phenoxy) is 2. The molecule has 7 nitrogen and oxygen atoms in total. The molecule has 0 bridgehead atoms. The number of alkyl carbamates (subject to hydrolysis) is 1. The van der Waals surface area contributed by atoms with Crippen LogP contribution in [0.1, 0.15) is 52.4 Å². The maximum absolute atomic E-state index is 11.8. The Morgan fingerprint density at radius 1 is 1.27 bits per heavy atom. The number of nitrogens with zero attached hydrogens (tertiary/aromatic N) is 1. The van der Waals surface area contributed by atoms with E-state index >= 15 is 0 Å². The molecule has 26 heavy (non-hydrogen) atoms. The first-order chi connectivity index (χ1) is 12.4. The van der Waals surface area contributed by atoms with Gasteiger partial charge >= 0.3 is 6.09 Å². The molecule has 0 atom stereocenters. The van der Waals surface area contributed by atoms with E-state index in [2.05, 4.69) is 5.32 Å². The van der Waals surface area contributed by atoms with Gasteiger partial charge in [0, 0.05) is 18.7 Å². The Morgan fingerprint density at radius 3 is 2.58 bits per heavy atom. The van der Waals surface area contributed by atoms with Gasteiger partial charge in [-0.05, 0) is 57.6 Å². The molecular weight excluding hydrogens is 336 g/mol. The molecule has 0 spiro atoms. The molecule has 0 aliphatic heterocycles. The van der Waals surface area contributed by atoms with Crippen molar-refractivity contribution in [2.24, 2.45) is 5.92 Å². The van der Waals surface area contributed by atoms with E-state index in [0.717, 1.165) is 31.6 Å². The molecule has 0 heterocycles. The third-order valence-electron chi connectivity index (χ3n) is 4.38. The van der Waals surface area contributed by atoms with Crippen LogP contribution in [0.15, 0.2) is 24.3 Å². The van der Waals surface area contributed by atoms with Crippen molar-refractivity contribution in [2.45, 2.75) is 58.0 Å². The Morgan fingerprint density at radius 2 is 1.96 bits per heavy atom. The van der Waals surface area contributed by atoms with Crippen LogP contribution in [-0.2, 0) is 4.74 Å². The third-order valence-corrected chi connectivity index (χ3v) is 4.38. The van der Waals surface area contributed by atoms with E-state index in [1.165, 1.54) is 25.0 Å². The average Bonchev–Trinajstić information content (AvgIpc) is 3.40. The van der Waals surface area contributed by atoms with E-state index < -0.39 is 10.5 Å². The highest BCUT2D eigenvalue weighted by Gasteiger charge is 2.28. The van der Waals surface area contributed by atoms with Crippen LogP contribution in [0, 0.1) is 16.0 Å². The lowest BCUT2D eigenvalue weighted by Gasteiger charge is -2.25. The van der Waals surface area contributed by atoms with Crippen LogP contribution in [0.3, 0.4) is 0 Å². The molecule has 1 amide bonds. The normalized spacial score (nSPS) is 13.9. The maximum Gasteiger partial charge on any atom is 0.407 e. The monoisotopic (exact) mass is 364 g/mol. The average molecular weight is 364 g/mol. The van der Waals surface area contributed by atoms with Crippen molar-refractivity contribution in [2.75, 3.05) is 13.2 Å². The summed E-state index contributed by atoms with van der Waals surface area (Å²) in [5.74, 6) is 1.43. The fourth-order valence-corrected chi connectivity index (χ4v) is 2.57. The number of unbranched alkanes of at least 4 members (excludes halogenated alkanes) is 1. The van der Waals surface area contributed by atoms with Crippen LogP contribution in [0.25, 0.3) is 0 Å². The maximum atomic E-state index is 11.8. The molecule has 0 aromatic heterocycles. The summed E-state index contributed by atoms with van der Waals surface area (Å²) >= 11 is 0. The summed E-state index contributed by atoms with van der Waals surface area (Å²) in [7, 11) is 0. The smallest absolute Gasteiger partial charge is 0.407 e. The van der Waals surface area contributed by atoms with Gasteiger partial charge in [-0.2, -0.15) is 0 Å². The Balaban J connectivity index is 1.52. The van der Waals surface area contributed by atoms with Gasteiger partial charge in [-0.1, -0.05) is 12.8 Å². The van der Waals surface area contributed by atoms with Gasteiger partial charge in [0.1, 0.15) is 11.4 Å². The number of amides is 1. The molecule has 1 fully saturated rings. The fourth-order valence-electron chi connectivity index (χ4n) is 2.57. The summed E-state index contributed by atoms with van der Waals surface area (Å²) in [6.45, 7) is 4.92. The highest BCUT2D eigenvalue weighted by atomic mass is 16.6. The summed E-state index contributed by atoms with van der Waals surface area (Å²) in [5.41, 5.74) is -0.383. The minimum atomic E-state index is -0.443. The van der Waals surface area contributed by atoms with Crippen molar-refractivity contribution in [1.82, 2.24) is 5.32 Å². The Bertz CT molecular complexity index is 596. The predicted molar refractivity (Wildman–Crippen MR) is 98.3 cm³/mol. The predicted octanol–water partition coefficient (Wildman–Crippen LogP) is 4.45. The zero-order chi connectivity index (χ0) is 19.0. The van der Waals surface area contributed by atoms with Crippen LogP contribution < -0.4 is 10.1 Å². The lowest BCUT2D eigenvalue weighted by molar-refractivity contribution is -0.384. The van der Waals surface area contributed by atoms with Gasteiger partial charge in [0.15, 0.2) is 0 Å². The SMILES string of the molecule is CC(C)(CCC1CC1)OC(=O)NCCCCOc1ccc([N+](=O)[O-])cc1. The molecular formula is C19H28N2O5. The number of hydrogen-bond donors (Lipinski definition) is 1. The van der Waals surface area contributed by atoms with E-state index in [9.17, 15) is 14.9 Å². The second kappa shape index (κ2) is 9.40. The van der Waals surface area contributed by atoms with Gasteiger partial charge in [-0.15, -0.1) is 0 Å². The van der Waals surface area contributed by atoms with E-state index in [1.54, 1.807) is 12.1 Å². The Kier molecular flexibility index (Phi) is 7.24. The van der Waals surface area contributed by atoms with Gasteiger partial charge in [-0.25, -0.2) is 4.79 Å². The number of carbonyl (C=O) groups excluding carboxylic acids is 1. The highest BCUT2D eigenvalue weighted by molar-refractivity contribution is 5.67. The standard InChI is InChI=1S/C19H28N2O5/c1-19(2,12-11-15-5-6-15)26-18(22)20-13-3-4-14-25-17-9-7-16(8-10-17)21(23)24/h7-10,15H,3-6,11-14H2,1-2H3,(H,20,22). The number of benzene rings is 1. The van der Waals surface area contributed by atoms with Gasteiger partial charge in [0.05, 0.1) is 11.5 Å². The van der Waals surface area contributed by atoms with E-state index in [4.69, 9.17) is 9.47 Å². The second-order valence-electron chi connectivity index (χ2n) is 7.36. The van der Waals surface area contributed by atoms with Crippen molar-refractivity contribution in [3.05, 3.63) is 34.4 Å². The largest absolute Gasteiger partial charge is 0.494 e. The zero-order valence-electron chi connectivity index (χ0n) is 15.5. The van der Waals surface area contributed by atoms with Crippen LogP contribution in [0.5, 0.6) is 5.75 Å². The minimum absolute atomic E-state index is 0.0418. The lowest BCUT2D eigenvalue weighted by Crippen LogP contribution is -2.35. The summed E-state index contributed by atoms with van der Waals surface area (Å²) in [6, 6.07) is 5.99. The van der Waals surface area contributed by atoms with Crippen LogP contribution in [0.2, 0.25) is 0 Å². The number of non-ortho nitro benzene ring substituents is 1. The number of carbonyl (C=O) groups is 1. The molecule has 0 unspecified atom stereocenters. The molecule has 1 N–H and O–H groups in total. The summed E-state index contributed by atoms with van der Waals surface area (Å²) in [4.78, 5) is 22.0. The van der Waals surface area contributed by atoms with Crippen molar-refractivity contribution in [3.8, 4) is 5.75 Å². The molecule has 0 radical (unpaired) electrons. The zero-order valence-corrected chi connectivity index (χ0v) is 15.5. The number of hydrogen-bond acceptors (Lipinski definition) is 5. The lowest BCUT2D eigenvalue weighted by atomic mass is 10.0. The van der Waals surface area contributed by atoms with Crippen molar-refractivity contribution >= 4 is 11.8 Å². The first kappa shape index (κ1) is 20.0. The van der Waals surface area contributed by atoms with Crippen LogP contribution >= 0.6 is 0 Å². The Hall–Kier alpha value is -2.31. The minimum Gasteiger partial charge on any atom is -0.494 e. The first-order valence-corrected chi connectivity index (χ1v) is 9.20. The molecule has 144 valence electrons. The summed E-state index contributed by atoms with van der Waals surface area (Å²) in [6.07, 6.45) is 5.80. The number of nitrogens with one attached hydrogen (secondary N) is 1. The number of rotatable bonds is 11. The van der Waals surface area contributed by atoms with Gasteiger partial charge in [0.25, 0.3) is 5.69 Å². The van der Waals surface area contributed by atoms with Crippen molar-refractivity contribution < 1.29 is 19.2 Å². The molecule has 1 aliphatic rings. The first-order valence-electron chi connectivity index (χ1n) is 9.20. The van der Waals surface area contributed by atoms with Crippen molar-refractivity contribution in [3.63, 3.8) is 0 Å². The fraction of sp³-hybridized carbons (Fsp3) is 0.632. The van der Waals surface area contributed by atoms with Gasteiger partial charge < -0.3 is 14.8 Å². The molecule has 1 aromatic rings.